The van der Waals surface area contributed by atoms with Crippen LogP contribution in [0.5, 0.6) is 5.75 Å². The van der Waals surface area contributed by atoms with E-state index in [1.165, 1.54) is 0 Å². The number of para-hydroxylation sites is 2. The standard InChI is InChI=1S/C14H22N2O2/c1-3-7-11(4-2)16-14(17)10-18-13-9-6-5-8-12(13)15/h5-6,8-9,11H,3-4,7,10,15H2,1-2H3,(H,16,17). The maximum Gasteiger partial charge on any atom is 0.258 e. The number of amides is 1. The fourth-order valence-corrected chi connectivity index (χ4v) is 1.75. The number of anilines is 1. The van der Waals surface area contributed by atoms with Crippen molar-refractivity contribution < 1.29 is 9.53 Å². The number of rotatable bonds is 7. The number of hydrogen-bond donors (Lipinski definition) is 2. The molecule has 1 aromatic carbocycles. The third kappa shape index (κ3) is 4.65. The lowest BCUT2D eigenvalue weighted by molar-refractivity contribution is -0.123. The molecule has 0 spiro atoms. The number of hydrogen-bond acceptors (Lipinski definition) is 3. The van der Waals surface area contributed by atoms with Crippen molar-refractivity contribution in [3.8, 4) is 5.75 Å². The van der Waals surface area contributed by atoms with Crippen LogP contribution < -0.4 is 15.8 Å². The summed E-state index contributed by atoms with van der Waals surface area (Å²) in [5.41, 5.74) is 6.27. The molecule has 0 aliphatic rings. The summed E-state index contributed by atoms with van der Waals surface area (Å²) in [6.45, 7) is 4.18. The SMILES string of the molecule is CCCC(CC)NC(=O)COc1ccccc1N. The summed E-state index contributed by atoms with van der Waals surface area (Å²) >= 11 is 0. The van der Waals surface area contributed by atoms with Gasteiger partial charge in [0, 0.05) is 6.04 Å². The van der Waals surface area contributed by atoms with E-state index >= 15 is 0 Å². The molecular weight excluding hydrogens is 228 g/mol. The van der Waals surface area contributed by atoms with Crippen molar-refractivity contribution in [1.82, 2.24) is 5.32 Å². The lowest BCUT2D eigenvalue weighted by Crippen LogP contribution is -2.37. The van der Waals surface area contributed by atoms with Crippen LogP contribution in [0.3, 0.4) is 0 Å². The molecule has 1 amide bonds. The zero-order valence-corrected chi connectivity index (χ0v) is 11.1. The van der Waals surface area contributed by atoms with Gasteiger partial charge in [-0.25, -0.2) is 0 Å². The second-order valence-electron chi connectivity index (χ2n) is 4.29. The fraction of sp³-hybridized carbons (Fsp3) is 0.500. The Morgan fingerprint density at radius 3 is 2.72 bits per heavy atom. The van der Waals surface area contributed by atoms with Crippen LogP contribution in [0.4, 0.5) is 5.69 Å². The van der Waals surface area contributed by atoms with Crippen LogP contribution in [0.25, 0.3) is 0 Å². The highest BCUT2D eigenvalue weighted by Crippen LogP contribution is 2.19. The number of nitrogen functional groups attached to an aromatic ring is 1. The van der Waals surface area contributed by atoms with Crippen molar-refractivity contribution in [2.75, 3.05) is 12.3 Å². The van der Waals surface area contributed by atoms with Gasteiger partial charge in [0.05, 0.1) is 5.69 Å². The van der Waals surface area contributed by atoms with Crippen LogP contribution in [0.1, 0.15) is 33.1 Å². The molecule has 1 atom stereocenters. The molecule has 0 aliphatic carbocycles. The molecule has 1 unspecified atom stereocenters. The van der Waals surface area contributed by atoms with E-state index < -0.39 is 0 Å². The summed E-state index contributed by atoms with van der Waals surface area (Å²) in [6, 6.07) is 7.40. The van der Waals surface area contributed by atoms with Crippen molar-refractivity contribution in [2.24, 2.45) is 0 Å². The predicted octanol–water partition coefficient (Wildman–Crippen LogP) is 2.34. The Kier molecular flexibility index (Phi) is 6.05. The Morgan fingerprint density at radius 2 is 2.11 bits per heavy atom. The van der Waals surface area contributed by atoms with Gasteiger partial charge in [-0.1, -0.05) is 32.4 Å². The summed E-state index contributed by atoms with van der Waals surface area (Å²) in [7, 11) is 0. The van der Waals surface area contributed by atoms with E-state index in [2.05, 4.69) is 19.2 Å². The van der Waals surface area contributed by atoms with Crippen LogP contribution in [0, 0.1) is 0 Å². The molecule has 0 aliphatic heterocycles. The second-order valence-corrected chi connectivity index (χ2v) is 4.29. The van der Waals surface area contributed by atoms with Gasteiger partial charge in [-0.05, 0) is 25.0 Å². The minimum atomic E-state index is -0.0986. The van der Waals surface area contributed by atoms with Crippen LogP contribution >= 0.6 is 0 Å². The molecule has 4 heteroatoms. The maximum absolute atomic E-state index is 11.7. The van der Waals surface area contributed by atoms with Gasteiger partial charge in [0.25, 0.3) is 5.91 Å². The van der Waals surface area contributed by atoms with Crippen molar-refractivity contribution in [3.05, 3.63) is 24.3 Å². The minimum absolute atomic E-state index is 0.00836. The van der Waals surface area contributed by atoms with E-state index in [0.717, 1.165) is 19.3 Å². The highest BCUT2D eigenvalue weighted by atomic mass is 16.5. The quantitative estimate of drug-likeness (QED) is 0.730. The molecule has 18 heavy (non-hydrogen) atoms. The number of nitrogens with two attached hydrogens (primary N) is 1. The normalized spacial score (nSPS) is 11.9. The van der Waals surface area contributed by atoms with Crippen LogP contribution in [0.2, 0.25) is 0 Å². The summed E-state index contributed by atoms with van der Waals surface area (Å²) in [5.74, 6) is 0.453. The molecule has 0 saturated heterocycles. The lowest BCUT2D eigenvalue weighted by atomic mass is 10.1. The van der Waals surface area contributed by atoms with Crippen molar-refractivity contribution >= 4 is 11.6 Å². The first-order valence-corrected chi connectivity index (χ1v) is 6.44. The first kappa shape index (κ1) is 14.4. The average Bonchev–Trinajstić information content (AvgIpc) is 2.37. The topological polar surface area (TPSA) is 64.3 Å². The molecule has 0 saturated carbocycles. The van der Waals surface area contributed by atoms with Crippen molar-refractivity contribution in [3.63, 3.8) is 0 Å². The molecule has 1 rings (SSSR count). The van der Waals surface area contributed by atoms with Crippen LogP contribution in [0.15, 0.2) is 24.3 Å². The highest BCUT2D eigenvalue weighted by Gasteiger charge is 2.10. The van der Waals surface area contributed by atoms with Gasteiger partial charge in [0.15, 0.2) is 6.61 Å². The predicted molar refractivity (Wildman–Crippen MR) is 73.5 cm³/mol. The van der Waals surface area contributed by atoms with E-state index in [0.29, 0.717) is 11.4 Å². The van der Waals surface area contributed by atoms with Gasteiger partial charge in [-0.15, -0.1) is 0 Å². The van der Waals surface area contributed by atoms with Crippen LogP contribution in [-0.4, -0.2) is 18.6 Å². The lowest BCUT2D eigenvalue weighted by Gasteiger charge is -2.16. The van der Waals surface area contributed by atoms with E-state index in [4.69, 9.17) is 10.5 Å². The molecule has 0 heterocycles. The molecule has 100 valence electrons. The largest absolute Gasteiger partial charge is 0.482 e. The van der Waals surface area contributed by atoms with Crippen LogP contribution in [-0.2, 0) is 4.79 Å². The van der Waals surface area contributed by atoms with E-state index in [1.54, 1.807) is 12.1 Å². The Balaban J connectivity index is 2.39. The number of carbonyl (C=O) groups excluding carboxylic acids is 1. The second kappa shape index (κ2) is 7.58. The fourth-order valence-electron chi connectivity index (χ4n) is 1.75. The van der Waals surface area contributed by atoms with Gasteiger partial charge in [-0.2, -0.15) is 0 Å². The first-order valence-electron chi connectivity index (χ1n) is 6.44. The highest BCUT2D eigenvalue weighted by molar-refractivity contribution is 5.78. The minimum Gasteiger partial charge on any atom is -0.482 e. The third-order valence-corrected chi connectivity index (χ3v) is 2.77. The third-order valence-electron chi connectivity index (χ3n) is 2.77. The average molecular weight is 250 g/mol. The summed E-state index contributed by atoms with van der Waals surface area (Å²) < 4.78 is 5.39. The number of nitrogens with one attached hydrogen (secondary N) is 1. The van der Waals surface area contributed by atoms with E-state index in [1.807, 2.05) is 12.1 Å². The van der Waals surface area contributed by atoms with Gasteiger partial charge in [-0.3, -0.25) is 4.79 Å². The zero-order valence-electron chi connectivity index (χ0n) is 11.1. The van der Waals surface area contributed by atoms with Gasteiger partial charge >= 0.3 is 0 Å². The Morgan fingerprint density at radius 1 is 1.39 bits per heavy atom. The van der Waals surface area contributed by atoms with Gasteiger partial charge in [0.2, 0.25) is 0 Å². The first-order chi connectivity index (χ1) is 8.67. The van der Waals surface area contributed by atoms with E-state index in [9.17, 15) is 4.79 Å². The Bertz CT molecular complexity index is 380. The summed E-state index contributed by atoms with van der Waals surface area (Å²) in [6.07, 6.45) is 2.99. The smallest absolute Gasteiger partial charge is 0.258 e. The Hall–Kier alpha value is -1.71. The number of benzene rings is 1. The van der Waals surface area contributed by atoms with Crippen molar-refractivity contribution in [2.45, 2.75) is 39.2 Å². The van der Waals surface area contributed by atoms with Crippen molar-refractivity contribution in [1.29, 1.82) is 0 Å². The zero-order chi connectivity index (χ0) is 13.4. The maximum atomic E-state index is 11.7. The molecule has 4 nitrogen and oxygen atoms in total. The molecule has 0 bridgehead atoms. The summed E-state index contributed by atoms with van der Waals surface area (Å²) in [4.78, 5) is 11.7. The molecule has 0 aromatic heterocycles. The summed E-state index contributed by atoms with van der Waals surface area (Å²) in [5, 5.41) is 2.95. The molecule has 0 radical (unpaired) electrons. The molecule has 0 fully saturated rings. The monoisotopic (exact) mass is 250 g/mol. The molecule has 1 aromatic rings. The number of ether oxygens (including phenoxy) is 1. The number of carbonyl (C=O) groups is 1. The van der Waals surface area contributed by atoms with E-state index in [-0.39, 0.29) is 18.6 Å². The Labute approximate surface area is 109 Å². The molecular formula is C14H22N2O2. The van der Waals surface area contributed by atoms with Gasteiger partial charge < -0.3 is 15.8 Å². The van der Waals surface area contributed by atoms with Gasteiger partial charge in [0.1, 0.15) is 5.75 Å². The molecule has 3 N–H and O–H groups in total.